The van der Waals surface area contributed by atoms with Crippen molar-refractivity contribution >= 4 is 35.4 Å². The highest BCUT2D eigenvalue weighted by molar-refractivity contribution is 5.86. The first-order valence-electron chi connectivity index (χ1n) is 51.0. The van der Waals surface area contributed by atoms with Crippen molar-refractivity contribution in [2.45, 2.75) is 466 Å². The van der Waals surface area contributed by atoms with Crippen LogP contribution in [0.25, 0.3) is 0 Å². The van der Waals surface area contributed by atoms with Gasteiger partial charge in [-0.1, -0.05) is 57.8 Å². The molecule has 6 N–H and O–H groups in total. The summed E-state index contributed by atoms with van der Waals surface area (Å²) >= 11 is 0. The number of nitrogens with zero attached hydrogens (tertiary/aromatic N) is 6. The van der Waals surface area contributed by atoms with E-state index in [4.69, 9.17) is 0 Å². The Bertz CT molecular complexity index is 3390. The van der Waals surface area contributed by atoms with Gasteiger partial charge in [0.05, 0.1) is 36.3 Å². The van der Waals surface area contributed by atoms with E-state index in [2.05, 4.69) is 144 Å². The van der Waals surface area contributed by atoms with Crippen LogP contribution < -0.4 is 31.9 Å². The van der Waals surface area contributed by atoms with Crippen molar-refractivity contribution in [3.05, 3.63) is 0 Å². The largest absolute Gasteiger partial charge is 0.336 e. The summed E-state index contributed by atoms with van der Waals surface area (Å²) in [5, 5.41) is 19.4. The summed E-state index contributed by atoms with van der Waals surface area (Å²) < 4.78 is 0. The molecule has 684 valence electrons. The summed E-state index contributed by atoms with van der Waals surface area (Å²) in [7, 11) is 11.6. The molecule has 0 aromatic heterocycles. The zero-order valence-electron chi connectivity index (χ0n) is 80.0. The van der Waals surface area contributed by atoms with E-state index in [9.17, 15) is 28.8 Å². The van der Waals surface area contributed by atoms with Crippen LogP contribution in [0.2, 0.25) is 0 Å². The lowest BCUT2D eigenvalue weighted by Crippen LogP contribution is -2.61. The summed E-state index contributed by atoms with van der Waals surface area (Å²) in [5.41, 5.74) is 0.387. The molecule has 20 atom stereocenters. The minimum Gasteiger partial charge on any atom is -0.336 e. The number of carbonyl (C=O) groups is 6. The van der Waals surface area contributed by atoms with Gasteiger partial charge in [-0.2, -0.15) is 0 Å². The van der Waals surface area contributed by atoms with Crippen LogP contribution >= 0.6 is 0 Å². The molecular weight excluding hydrogens is 1490 g/mol. The molecule has 0 aromatic rings. The first kappa shape index (κ1) is 94.2. The summed E-state index contributed by atoms with van der Waals surface area (Å²) in [4.78, 5) is 91.3. The first-order chi connectivity index (χ1) is 57.0. The molecule has 12 aliphatic carbocycles. The van der Waals surface area contributed by atoms with Crippen molar-refractivity contribution in [2.24, 2.45) is 82.9 Å². The van der Waals surface area contributed by atoms with Crippen LogP contribution in [0.5, 0.6) is 0 Å². The van der Waals surface area contributed by atoms with Crippen molar-refractivity contribution in [1.82, 2.24) is 61.3 Å². The number of hydrogen-bond donors (Lipinski definition) is 6. The molecule has 0 aromatic carbocycles. The Labute approximate surface area is 731 Å². The molecule has 0 radical (unpaired) electrons. The normalized spacial score (nSPS) is 40.5. The number of fused-ring (bicyclic) bond motifs is 12. The smallest absolute Gasteiger partial charge is 0.240 e. The standard InChI is InChI=1S/2C18H32N2O.2C17H30N2O.2C16H28N2O/c1-18(2)9-5-8-16(19-3)17(21)20(18)12-15-11-13-6-4-7-14(15)10-13;1-18(2)8-4-5-16(19-3)17(21)20(18)12-15-10-13-6-7-14(9-13)11-15;1-17(2)9-5-8-14(18-3)16(20)19(17)15-11-12-6-4-7-13(15)10-12;1-17(2)8-4-5-15(18-3)16(20)19(17)11-14-10-12-6-7-13(14)9-12;1-15(2)8-4-5-13(17-3)14(19)18(15)16-9-6-12(11-16)7-10-16;1-16(2)8-4-5-13(17-3)15(19)18(16)14-10-11-6-7-12(14)9-11/h2*13-16,19H,4-12H2,1-3H3;2*12-15,18H,4-11H2,1-3H3;12-13,17H,4-11H2,1-3H3;11-14,17H,4-10H2,1-3H3. The van der Waals surface area contributed by atoms with Gasteiger partial charge in [0, 0.05) is 70.5 Å². The Kier molecular flexibility index (Phi) is 31.1. The predicted octanol–water partition coefficient (Wildman–Crippen LogP) is 17.4. The number of likely N-dealkylation sites (tertiary alicyclic amines) is 6. The maximum atomic E-state index is 13.0. The third kappa shape index (κ3) is 21.1. The Morgan fingerprint density at radius 3 is 0.933 bits per heavy atom. The van der Waals surface area contributed by atoms with Gasteiger partial charge in [-0.3, -0.25) is 28.8 Å². The predicted molar refractivity (Wildman–Crippen MR) is 489 cm³/mol. The molecule has 18 nitrogen and oxygen atoms in total. The number of nitrogens with one attached hydrogen (secondary N) is 6. The molecule has 18 aliphatic rings. The number of rotatable bonds is 15. The Balaban J connectivity index is 0.000000125. The van der Waals surface area contributed by atoms with E-state index in [0.717, 1.165) is 218 Å². The molecule has 6 saturated heterocycles. The van der Waals surface area contributed by atoms with Gasteiger partial charge < -0.3 is 61.3 Å². The highest BCUT2D eigenvalue weighted by atomic mass is 16.2. The zero-order chi connectivity index (χ0) is 86.0. The van der Waals surface area contributed by atoms with Gasteiger partial charge in [-0.15, -0.1) is 0 Å². The summed E-state index contributed by atoms with van der Waals surface area (Å²) in [5.74, 6) is 14.3. The van der Waals surface area contributed by atoms with E-state index in [1.807, 2.05) is 42.3 Å². The Hall–Kier alpha value is -3.42. The molecule has 6 heterocycles. The minimum atomic E-state index is 0.0270. The SMILES string of the molecule is CNC1CCCC(C)(C)N(C23CCC(CC2)C3)C1=O.CNC1CCCC(C)(C)N(C2CC3CCC2C3)C1=O.CNC1CCCC(C)(C)N(C2CC3CCCC2C3)C1=O.CNC1CCCC(C)(C)N(CC2CC3CCC(C3)C2)C1=O.CNC1CCCC(C)(C)N(CC2CC3CCC2C3)C1=O.CNC1CCCC(C)(C)N(CC2CC3CCCC2C3)C1=O. The van der Waals surface area contributed by atoms with Crippen molar-refractivity contribution in [3.63, 3.8) is 0 Å². The first-order valence-corrected chi connectivity index (χ1v) is 51.0. The fraction of sp³-hybridized carbons (Fsp3) is 0.941. The second kappa shape index (κ2) is 39.7. The lowest BCUT2D eigenvalue weighted by molar-refractivity contribution is -0.147. The van der Waals surface area contributed by atoms with Gasteiger partial charge in [0.25, 0.3) is 0 Å². The molecule has 18 heteroatoms. The van der Waals surface area contributed by atoms with Crippen LogP contribution in [-0.2, 0) is 28.8 Å². The third-order valence-electron chi connectivity index (χ3n) is 36.9. The maximum Gasteiger partial charge on any atom is 0.240 e. The van der Waals surface area contributed by atoms with Gasteiger partial charge in [0.1, 0.15) is 0 Å². The second-order valence-electron chi connectivity index (χ2n) is 47.5. The van der Waals surface area contributed by atoms with Crippen LogP contribution in [0.15, 0.2) is 0 Å². The van der Waals surface area contributed by atoms with Crippen molar-refractivity contribution in [1.29, 1.82) is 0 Å². The number of amides is 6. The van der Waals surface area contributed by atoms with E-state index in [0.29, 0.717) is 47.5 Å². The van der Waals surface area contributed by atoms with Crippen molar-refractivity contribution in [3.8, 4) is 0 Å². The summed E-state index contributed by atoms with van der Waals surface area (Å²) in [6.07, 6.45) is 58.0. The van der Waals surface area contributed by atoms with E-state index >= 15 is 0 Å². The van der Waals surface area contributed by atoms with Gasteiger partial charge >= 0.3 is 0 Å². The maximum absolute atomic E-state index is 13.0. The lowest BCUT2D eigenvalue weighted by atomic mass is 9.80. The summed E-state index contributed by atoms with van der Waals surface area (Å²) in [6.45, 7) is 30.3. The number of likely N-dealkylation sites (N-methyl/N-ethyl adjacent to an activating group) is 6. The molecule has 18 rings (SSSR count). The van der Waals surface area contributed by atoms with Gasteiger partial charge in [-0.25, -0.2) is 0 Å². The Morgan fingerprint density at radius 2 is 0.567 bits per heavy atom. The second-order valence-corrected chi connectivity index (χ2v) is 47.5. The lowest BCUT2D eigenvalue weighted by Gasteiger charge is -2.50. The van der Waals surface area contributed by atoms with Crippen LogP contribution in [-0.4, -0.2) is 214 Å². The monoisotopic (exact) mass is 1670 g/mol. The average Bonchev–Trinajstić information content (AvgIpc) is 1.58. The molecule has 0 spiro atoms. The molecule has 12 saturated carbocycles. The minimum absolute atomic E-state index is 0.0270. The highest BCUT2D eigenvalue weighted by Crippen LogP contribution is 2.57. The fourth-order valence-corrected chi connectivity index (χ4v) is 30.2. The number of hydrogen-bond acceptors (Lipinski definition) is 12. The van der Waals surface area contributed by atoms with Gasteiger partial charge in [0.15, 0.2) is 0 Å². The van der Waals surface area contributed by atoms with Gasteiger partial charge in [-0.05, 0) is 446 Å². The number of carbonyl (C=O) groups excluding carboxylic acids is 6. The van der Waals surface area contributed by atoms with Crippen LogP contribution in [0.4, 0.5) is 0 Å². The quantitative estimate of drug-likeness (QED) is 0.0910. The highest BCUT2D eigenvalue weighted by Gasteiger charge is 2.57. The van der Waals surface area contributed by atoms with E-state index in [1.165, 1.54) is 180 Å². The molecule has 20 unspecified atom stereocenters. The van der Waals surface area contributed by atoms with Crippen LogP contribution in [0.3, 0.4) is 0 Å². The zero-order valence-corrected chi connectivity index (χ0v) is 80.0. The third-order valence-corrected chi connectivity index (χ3v) is 36.9. The average molecular weight is 1670 g/mol. The molecule has 6 amide bonds. The van der Waals surface area contributed by atoms with Crippen LogP contribution in [0.1, 0.15) is 378 Å². The topological polar surface area (TPSA) is 194 Å². The van der Waals surface area contributed by atoms with Crippen molar-refractivity contribution in [2.75, 3.05) is 61.9 Å². The molecule has 18 fully saturated rings. The van der Waals surface area contributed by atoms with E-state index in [1.54, 1.807) is 0 Å². The Morgan fingerprint density at radius 1 is 0.258 bits per heavy atom. The van der Waals surface area contributed by atoms with Crippen molar-refractivity contribution < 1.29 is 28.8 Å². The van der Waals surface area contributed by atoms with Gasteiger partial charge in [0.2, 0.25) is 35.4 Å². The molecule has 120 heavy (non-hydrogen) atoms. The van der Waals surface area contributed by atoms with Crippen LogP contribution in [0, 0.1) is 82.9 Å². The van der Waals surface area contributed by atoms with E-state index in [-0.39, 0.29) is 75.0 Å². The van der Waals surface area contributed by atoms with E-state index < -0.39 is 0 Å². The summed E-state index contributed by atoms with van der Waals surface area (Å²) in [6, 6.07) is 1.26. The fourth-order valence-electron chi connectivity index (χ4n) is 30.2. The molecule has 6 aliphatic heterocycles. The molecular formula is C102H180N12O6. The molecule has 12 bridgehead atoms.